The van der Waals surface area contributed by atoms with E-state index in [4.69, 9.17) is 4.42 Å². The van der Waals surface area contributed by atoms with E-state index in [0.29, 0.717) is 5.76 Å². The Morgan fingerprint density at radius 2 is 1.91 bits per heavy atom. The van der Waals surface area contributed by atoms with Gasteiger partial charge >= 0.3 is 0 Å². The highest BCUT2D eigenvalue weighted by Crippen LogP contribution is 2.30. The summed E-state index contributed by atoms with van der Waals surface area (Å²) >= 11 is 0. The summed E-state index contributed by atoms with van der Waals surface area (Å²) in [6.45, 7) is 1.90. The molecule has 114 valence electrons. The maximum Gasteiger partial charge on any atom is 0.287 e. The molecule has 22 heavy (non-hydrogen) atoms. The Kier molecular flexibility index (Phi) is 3.96. The molecule has 1 saturated carbocycles. The van der Waals surface area contributed by atoms with Crippen molar-refractivity contribution in [1.29, 1.82) is 0 Å². The van der Waals surface area contributed by atoms with Gasteiger partial charge < -0.3 is 15.1 Å². The molecule has 0 unspecified atom stereocenters. The van der Waals surface area contributed by atoms with E-state index < -0.39 is 0 Å². The molecule has 1 aliphatic carbocycles. The zero-order valence-electron chi connectivity index (χ0n) is 12.3. The van der Waals surface area contributed by atoms with E-state index in [2.05, 4.69) is 10.6 Å². The lowest BCUT2D eigenvalue weighted by atomic mass is 10.1. The molecule has 1 fully saturated rings. The standard InChI is InChI=1S/C17H18N2O3/c1-11(18-17(21)15-3-2-10-22-15)12-6-8-14(9-7-12)19-16(20)13-4-5-13/h2-3,6-11,13H,4-5H2,1H3,(H,18,21)(H,19,20)/t11-/m1/s1. The van der Waals surface area contributed by atoms with E-state index in [9.17, 15) is 9.59 Å². The van der Waals surface area contributed by atoms with E-state index in [1.807, 2.05) is 31.2 Å². The van der Waals surface area contributed by atoms with Crippen molar-refractivity contribution < 1.29 is 14.0 Å². The minimum Gasteiger partial charge on any atom is -0.459 e. The van der Waals surface area contributed by atoms with Crippen molar-refractivity contribution in [2.45, 2.75) is 25.8 Å². The molecule has 2 amide bonds. The molecule has 1 aromatic heterocycles. The monoisotopic (exact) mass is 298 g/mol. The van der Waals surface area contributed by atoms with Crippen LogP contribution in [0.25, 0.3) is 0 Å². The first-order valence-corrected chi connectivity index (χ1v) is 7.38. The Labute approximate surface area is 128 Å². The highest BCUT2D eigenvalue weighted by Gasteiger charge is 2.29. The van der Waals surface area contributed by atoms with Crippen LogP contribution in [-0.4, -0.2) is 11.8 Å². The van der Waals surface area contributed by atoms with Gasteiger partial charge in [0.25, 0.3) is 5.91 Å². The molecule has 1 aromatic carbocycles. The molecule has 5 heteroatoms. The van der Waals surface area contributed by atoms with Gasteiger partial charge in [0.05, 0.1) is 12.3 Å². The summed E-state index contributed by atoms with van der Waals surface area (Å²) in [4.78, 5) is 23.6. The largest absolute Gasteiger partial charge is 0.459 e. The first kappa shape index (κ1) is 14.4. The second-order valence-corrected chi connectivity index (χ2v) is 5.56. The van der Waals surface area contributed by atoms with Crippen LogP contribution in [0.5, 0.6) is 0 Å². The average Bonchev–Trinajstić information content (AvgIpc) is 3.22. The van der Waals surface area contributed by atoms with Gasteiger partial charge in [-0.3, -0.25) is 9.59 Å². The molecule has 1 aliphatic rings. The summed E-state index contributed by atoms with van der Waals surface area (Å²) in [5.41, 5.74) is 1.74. The lowest BCUT2D eigenvalue weighted by molar-refractivity contribution is -0.117. The average molecular weight is 298 g/mol. The quantitative estimate of drug-likeness (QED) is 0.891. The molecule has 1 heterocycles. The highest BCUT2D eigenvalue weighted by molar-refractivity contribution is 5.94. The number of carbonyl (C=O) groups is 2. The second-order valence-electron chi connectivity index (χ2n) is 5.56. The van der Waals surface area contributed by atoms with Crippen LogP contribution in [0.2, 0.25) is 0 Å². The fraction of sp³-hybridized carbons (Fsp3) is 0.294. The number of hydrogen-bond donors (Lipinski definition) is 2. The fourth-order valence-electron chi connectivity index (χ4n) is 2.20. The van der Waals surface area contributed by atoms with Crippen molar-refractivity contribution in [1.82, 2.24) is 5.32 Å². The number of nitrogens with one attached hydrogen (secondary N) is 2. The fourth-order valence-corrected chi connectivity index (χ4v) is 2.20. The van der Waals surface area contributed by atoms with Gasteiger partial charge in [0.2, 0.25) is 5.91 Å². The Balaban J connectivity index is 1.59. The summed E-state index contributed by atoms with van der Waals surface area (Å²) in [7, 11) is 0. The van der Waals surface area contributed by atoms with Gasteiger partial charge in [-0.05, 0) is 49.6 Å². The number of carbonyl (C=O) groups excluding carboxylic acids is 2. The molecule has 1 atom stereocenters. The van der Waals surface area contributed by atoms with Crippen LogP contribution in [0.15, 0.2) is 47.1 Å². The van der Waals surface area contributed by atoms with Crippen LogP contribution in [0, 0.1) is 5.92 Å². The van der Waals surface area contributed by atoms with Crippen LogP contribution in [0.1, 0.15) is 41.9 Å². The number of furan rings is 1. The zero-order valence-corrected chi connectivity index (χ0v) is 12.3. The molecular formula is C17H18N2O3. The Hall–Kier alpha value is -2.56. The Bertz CT molecular complexity index is 658. The maximum atomic E-state index is 11.9. The topological polar surface area (TPSA) is 71.3 Å². The molecule has 2 aromatic rings. The van der Waals surface area contributed by atoms with Gasteiger partial charge in [0.1, 0.15) is 0 Å². The number of anilines is 1. The van der Waals surface area contributed by atoms with Crippen LogP contribution in [-0.2, 0) is 4.79 Å². The van der Waals surface area contributed by atoms with E-state index in [1.165, 1.54) is 6.26 Å². The van der Waals surface area contributed by atoms with Gasteiger partial charge in [-0.2, -0.15) is 0 Å². The smallest absolute Gasteiger partial charge is 0.287 e. The normalized spacial score (nSPS) is 15.1. The summed E-state index contributed by atoms with van der Waals surface area (Å²) in [6.07, 6.45) is 3.44. The van der Waals surface area contributed by atoms with Crippen molar-refractivity contribution in [3.05, 3.63) is 54.0 Å². The van der Waals surface area contributed by atoms with Crippen LogP contribution in [0.3, 0.4) is 0 Å². The van der Waals surface area contributed by atoms with E-state index >= 15 is 0 Å². The predicted octanol–water partition coefficient (Wildman–Crippen LogP) is 3.12. The molecule has 5 nitrogen and oxygen atoms in total. The van der Waals surface area contributed by atoms with E-state index in [-0.39, 0.29) is 23.8 Å². The summed E-state index contributed by atoms with van der Waals surface area (Å²) in [6, 6.07) is 10.7. The molecule has 0 saturated heterocycles. The predicted molar refractivity (Wildman–Crippen MR) is 82.4 cm³/mol. The molecule has 0 radical (unpaired) electrons. The van der Waals surface area contributed by atoms with Crippen molar-refractivity contribution in [3.63, 3.8) is 0 Å². The van der Waals surface area contributed by atoms with Crippen molar-refractivity contribution in [2.75, 3.05) is 5.32 Å². The number of amides is 2. The molecular weight excluding hydrogens is 280 g/mol. The summed E-state index contributed by atoms with van der Waals surface area (Å²) in [5.74, 6) is 0.321. The van der Waals surface area contributed by atoms with Crippen molar-refractivity contribution >= 4 is 17.5 Å². The summed E-state index contributed by atoms with van der Waals surface area (Å²) in [5, 5.41) is 5.76. The SMILES string of the molecule is C[C@@H](NC(=O)c1ccco1)c1ccc(NC(=O)C2CC2)cc1. The lowest BCUT2D eigenvalue weighted by Crippen LogP contribution is -2.26. The maximum absolute atomic E-state index is 11.9. The summed E-state index contributed by atoms with van der Waals surface area (Å²) < 4.78 is 5.06. The third kappa shape index (κ3) is 3.36. The molecule has 0 bridgehead atoms. The van der Waals surface area contributed by atoms with E-state index in [0.717, 1.165) is 24.1 Å². The van der Waals surface area contributed by atoms with Crippen molar-refractivity contribution in [2.24, 2.45) is 5.92 Å². The van der Waals surface area contributed by atoms with Gasteiger partial charge in [-0.25, -0.2) is 0 Å². The molecule has 2 N–H and O–H groups in total. The lowest BCUT2D eigenvalue weighted by Gasteiger charge is -2.14. The molecule has 0 aliphatic heterocycles. The molecule has 3 rings (SSSR count). The van der Waals surface area contributed by atoms with Gasteiger partial charge in [0.15, 0.2) is 5.76 Å². The van der Waals surface area contributed by atoms with E-state index in [1.54, 1.807) is 12.1 Å². The second kappa shape index (κ2) is 6.05. The third-order valence-electron chi connectivity index (χ3n) is 3.72. The first-order valence-electron chi connectivity index (χ1n) is 7.38. The first-order chi connectivity index (χ1) is 10.6. The van der Waals surface area contributed by atoms with Crippen LogP contribution >= 0.6 is 0 Å². The number of hydrogen-bond acceptors (Lipinski definition) is 3. The van der Waals surface area contributed by atoms with Gasteiger partial charge in [-0.1, -0.05) is 12.1 Å². The van der Waals surface area contributed by atoms with Gasteiger partial charge in [-0.15, -0.1) is 0 Å². The third-order valence-corrected chi connectivity index (χ3v) is 3.72. The Morgan fingerprint density at radius 3 is 2.50 bits per heavy atom. The van der Waals surface area contributed by atoms with Crippen LogP contribution in [0.4, 0.5) is 5.69 Å². The Morgan fingerprint density at radius 1 is 1.18 bits per heavy atom. The minimum absolute atomic E-state index is 0.0897. The number of benzene rings is 1. The highest BCUT2D eigenvalue weighted by atomic mass is 16.3. The molecule has 0 spiro atoms. The van der Waals surface area contributed by atoms with Crippen molar-refractivity contribution in [3.8, 4) is 0 Å². The zero-order chi connectivity index (χ0) is 15.5. The number of rotatable bonds is 5. The van der Waals surface area contributed by atoms with Crippen LogP contribution < -0.4 is 10.6 Å². The minimum atomic E-state index is -0.247. The van der Waals surface area contributed by atoms with Gasteiger partial charge in [0, 0.05) is 11.6 Å².